The summed E-state index contributed by atoms with van der Waals surface area (Å²) in [5.74, 6) is 1.06. The van der Waals surface area contributed by atoms with E-state index >= 15 is 0 Å². The van der Waals surface area contributed by atoms with Crippen molar-refractivity contribution in [3.8, 4) is 5.75 Å². The molecule has 2 nitrogen and oxygen atoms in total. The Balaban J connectivity index is 1.48. The van der Waals surface area contributed by atoms with Crippen LogP contribution in [0.2, 0.25) is 0 Å². The van der Waals surface area contributed by atoms with Gasteiger partial charge in [-0.15, -0.1) is 11.3 Å². The van der Waals surface area contributed by atoms with Crippen LogP contribution in [-0.2, 0) is 12.8 Å². The molecule has 2 heterocycles. The van der Waals surface area contributed by atoms with E-state index in [1.54, 1.807) is 0 Å². The van der Waals surface area contributed by atoms with E-state index in [9.17, 15) is 0 Å². The van der Waals surface area contributed by atoms with Crippen LogP contribution in [0, 0.1) is 13.8 Å². The van der Waals surface area contributed by atoms with Gasteiger partial charge in [0.1, 0.15) is 11.9 Å². The normalized spacial score (nSPS) is 18.3. The van der Waals surface area contributed by atoms with Crippen molar-refractivity contribution >= 4 is 11.3 Å². The Hall–Kier alpha value is -1.32. The van der Waals surface area contributed by atoms with E-state index in [-0.39, 0.29) is 6.10 Å². The molecule has 2 unspecified atom stereocenters. The predicted molar refractivity (Wildman–Crippen MR) is 89.5 cm³/mol. The van der Waals surface area contributed by atoms with Crippen LogP contribution in [0.3, 0.4) is 0 Å². The average Bonchev–Trinajstić information content (AvgIpc) is 3.02. The number of rotatable bonds is 5. The lowest BCUT2D eigenvalue weighted by atomic mass is 10.1. The quantitative estimate of drug-likeness (QED) is 0.904. The minimum atomic E-state index is 0.273. The molecule has 0 bridgehead atoms. The molecule has 3 heteroatoms. The molecule has 0 spiro atoms. The summed E-state index contributed by atoms with van der Waals surface area (Å²) in [5, 5.41) is 3.61. The van der Waals surface area contributed by atoms with Gasteiger partial charge in [0.2, 0.25) is 0 Å². The molecule has 0 radical (unpaired) electrons. The maximum atomic E-state index is 6.01. The Morgan fingerprint density at radius 1 is 1.29 bits per heavy atom. The van der Waals surface area contributed by atoms with Crippen LogP contribution >= 0.6 is 11.3 Å². The number of fused-ring (bicyclic) bond motifs is 1. The van der Waals surface area contributed by atoms with Gasteiger partial charge in [0.15, 0.2) is 0 Å². The van der Waals surface area contributed by atoms with Crippen LogP contribution in [0.1, 0.15) is 27.8 Å². The fourth-order valence-corrected chi connectivity index (χ4v) is 3.88. The lowest BCUT2D eigenvalue weighted by molar-refractivity contribution is 0.222. The maximum Gasteiger partial charge on any atom is 0.123 e. The molecule has 0 amide bonds. The molecule has 2 aromatic rings. The monoisotopic (exact) mass is 301 g/mol. The van der Waals surface area contributed by atoms with Gasteiger partial charge in [-0.2, -0.15) is 0 Å². The number of hydrogen-bond acceptors (Lipinski definition) is 3. The molecule has 1 N–H and O–H groups in total. The van der Waals surface area contributed by atoms with E-state index in [2.05, 4.69) is 56.4 Å². The second-order valence-corrected chi connectivity index (χ2v) is 7.45. The van der Waals surface area contributed by atoms with Crippen molar-refractivity contribution in [2.24, 2.45) is 0 Å². The molecule has 3 rings (SSSR count). The largest absolute Gasteiger partial charge is 0.488 e. The van der Waals surface area contributed by atoms with Gasteiger partial charge in [0, 0.05) is 28.8 Å². The van der Waals surface area contributed by atoms with Crippen molar-refractivity contribution < 1.29 is 4.74 Å². The highest BCUT2D eigenvalue weighted by atomic mass is 32.1. The molecule has 1 aromatic carbocycles. The van der Waals surface area contributed by atoms with Crippen molar-refractivity contribution in [3.05, 3.63) is 51.2 Å². The number of benzene rings is 1. The fourth-order valence-electron chi connectivity index (χ4n) is 2.86. The Bertz CT molecular complexity index is 619. The summed E-state index contributed by atoms with van der Waals surface area (Å²) in [6.07, 6.45) is 2.39. The molecule has 21 heavy (non-hydrogen) atoms. The fraction of sp³-hybridized carbons (Fsp3) is 0.444. The molecular weight excluding hydrogens is 278 g/mol. The summed E-state index contributed by atoms with van der Waals surface area (Å²) in [4.78, 5) is 2.85. The Morgan fingerprint density at radius 3 is 2.90 bits per heavy atom. The van der Waals surface area contributed by atoms with E-state index in [1.807, 2.05) is 11.3 Å². The summed E-state index contributed by atoms with van der Waals surface area (Å²) in [5.41, 5.74) is 2.66. The second-order valence-electron chi connectivity index (χ2n) is 6.08. The highest BCUT2D eigenvalue weighted by molar-refractivity contribution is 7.11. The van der Waals surface area contributed by atoms with Gasteiger partial charge in [-0.1, -0.05) is 17.7 Å². The average molecular weight is 301 g/mol. The maximum absolute atomic E-state index is 6.01. The topological polar surface area (TPSA) is 21.3 Å². The van der Waals surface area contributed by atoms with Gasteiger partial charge < -0.3 is 10.1 Å². The summed E-state index contributed by atoms with van der Waals surface area (Å²) in [6.45, 7) is 7.47. The number of thiophene rings is 1. The third-order valence-electron chi connectivity index (χ3n) is 3.95. The lowest BCUT2D eigenvalue weighted by Crippen LogP contribution is -2.36. The molecule has 0 saturated heterocycles. The van der Waals surface area contributed by atoms with Gasteiger partial charge in [-0.05, 0) is 51.0 Å². The molecule has 0 saturated carbocycles. The molecule has 1 aliphatic rings. The van der Waals surface area contributed by atoms with Gasteiger partial charge in [0.05, 0.1) is 0 Å². The summed E-state index contributed by atoms with van der Waals surface area (Å²) >= 11 is 1.89. The van der Waals surface area contributed by atoms with E-state index in [4.69, 9.17) is 4.74 Å². The molecular formula is C18H23NOS. The summed E-state index contributed by atoms with van der Waals surface area (Å²) in [7, 11) is 0. The Kier molecular flexibility index (Phi) is 4.32. The lowest BCUT2D eigenvalue weighted by Gasteiger charge is -2.16. The first kappa shape index (κ1) is 14.6. The van der Waals surface area contributed by atoms with E-state index in [1.165, 1.54) is 20.9 Å². The van der Waals surface area contributed by atoms with Crippen LogP contribution in [0.5, 0.6) is 5.75 Å². The van der Waals surface area contributed by atoms with Crippen molar-refractivity contribution in [3.63, 3.8) is 0 Å². The number of hydrogen-bond donors (Lipinski definition) is 1. The number of nitrogens with one attached hydrogen (secondary N) is 1. The first-order chi connectivity index (χ1) is 10.1. The van der Waals surface area contributed by atoms with Gasteiger partial charge in [-0.3, -0.25) is 0 Å². The SMILES string of the molecule is Cc1ccc2c(c1)CC(CNC(C)Cc1ccc(C)s1)O2. The van der Waals surface area contributed by atoms with Crippen molar-refractivity contribution in [1.82, 2.24) is 5.32 Å². The van der Waals surface area contributed by atoms with Gasteiger partial charge in [0.25, 0.3) is 0 Å². The molecule has 2 atom stereocenters. The molecule has 1 aliphatic heterocycles. The van der Waals surface area contributed by atoms with E-state index in [0.717, 1.165) is 25.1 Å². The predicted octanol–water partition coefficient (Wildman–Crippen LogP) is 3.89. The summed E-state index contributed by atoms with van der Waals surface area (Å²) < 4.78 is 6.01. The Labute approximate surface area is 131 Å². The van der Waals surface area contributed by atoms with Crippen LogP contribution in [-0.4, -0.2) is 18.7 Å². The van der Waals surface area contributed by atoms with Gasteiger partial charge in [-0.25, -0.2) is 0 Å². The van der Waals surface area contributed by atoms with Gasteiger partial charge >= 0.3 is 0 Å². The number of ether oxygens (including phenoxy) is 1. The first-order valence-corrected chi connectivity index (χ1v) is 8.46. The van der Waals surface area contributed by atoms with Crippen LogP contribution in [0.15, 0.2) is 30.3 Å². The third kappa shape index (κ3) is 3.66. The van der Waals surface area contributed by atoms with Crippen LogP contribution < -0.4 is 10.1 Å². The zero-order valence-corrected chi connectivity index (χ0v) is 13.8. The smallest absolute Gasteiger partial charge is 0.123 e. The minimum absolute atomic E-state index is 0.273. The third-order valence-corrected chi connectivity index (χ3v) is 4.98. The van der Waals surface area contributed by atoms with Crippen molar-refractivity contribution in [2.75, 3.05) is 6.54 Å². The molecule has 1 aromatic heterocycles. The molecule has 0 fully saturated rings. The van der Waals surface area contributed by atoms with Crippen LogP contribution in [0.25, 0.3) is 0 Å². The van der Waals surface area contributed by atoms with E-state index in [0.29, 0.717) is 6.04 Å². The zero-order valence-electron chi connectivity index (χ0n) is 13.0. The van der Waals surface area contributed by atoms with Crippen molar-refractivity contribution in [1.29, 1.82) is 0 Å². The van der Waals surface area contributed by atoms with E-state index < -0.39 is 0 Å². The first-order valence-electron chi connectivity index (χ1n) is 7.65. The minimum Gasteiger partial charge on any atom is -0.488 e. The second kappa shape index (κ2) is 6.20. The number of aryl methyl sites for hydroxylation is 2. The highest BCUT2D eigenvalue weighted by Crippen LogP contribution is 2.29. The van der Waals surface area contributed by atoms with Crippen molar-refractivity contribution in [2.45, 2.75) is 45.8 Å². The summed E-state index contributed by atoms with van der Waals surface area (Å²) in [6, 6.07) is 11.4. The molecule has 0 aliphatic carbocycles. The highest BCUT2D eigenvalue weighted by Gasteiger charge is 2.22. The molecule has 112 valence electrons. The standard InChI is InChI=1S/C18H23NOS/c1-12-4-7-18-15(8-12)10-16(20-18)11-19-13(2)9-17-6-5-14(3)21-17/h4-8,13,16,19H,9-11H2,1-3H3. The zero-order chi connectivity index (χ0) is 14.8. The Morgan fingerprint density at radius 2 is 2.14 bits per heavy atom. The van der Waals surface area contributed by atoms with Crippen LogP contribution in [0.4, 0.5) is 0 Å².